The Kier molecular flexibility index (Phi) is 4.82. The molecule has 1 spiro atoms. The second-order valence-corrected chi connectivity index (χ2v) is 13.3. The molecule has 0 bridgehead atoms. The smallest absolute Gasteiger partial charge is 0.309 e. The van der Waals surface area contributed by atoms with E-state index >= 15 is 0 Å². The molecule has 2 heterocycles. The van der Waals surface area contributed by atoms with Gasteiger partial charge in [0.15, 0.2) is 0 Å². The maximum atomic E-state index is 13.4. The van der Waals surface area contributed by atoms with Gasteiger partial charge in [0.25, 0.3) is 0 Å². The number of Topliss-reactive ketones (excluding diaryl/α,β-unsaturated/α-hetero) is 1. The molecule has 2 saturated heterocycles. The van der Waals surface area contributed by atoms with Crippen molar-refractivity contribution in [3.05, 3.63) is 0 Å². The van der Waals surface area contributed by atoms with Gasteiger partial charge in [0, 0.05) is 6.42 Å². The van der Waals surface area contributed by atoms with E-state index in [0.29, 0.717) is 54.1 Å². The molecule has 184 valence electrons. The van der Waals surface area contributed by atoms with Gasteiger partial charge in [0.1, 0.15) is 17.5 Å². The summed E-state index contributed by atoms with van der Waals surface area (Å²) in [6.07, 6.45) is 7.15. The van der Waals surface area contributed by atoms with Gasteiger partial charge in [-0.2, -0.15) is 0 Å². The molecule has 6 fully saturated rings. The zero-order chi connectivity index (χ0) is 23.5. The van der Waals surface area contributed by atoms with Crippen LogP contribution >= 0.6 is 0 Å². The highest BCUT2D eigenvalue weighted by atomic mass is 16.6. The molecule has 0 amide bonds. The number of esters is 1. The molecule has 2 aliphatic heterocycles. The number of fused-ring (bicyclic) bond motifs is 4. The third-order valence-electron chi connectivity index (χ3n) is 12.3. The Labute approximate surface area is 198 Å². The quantitative estimate of drug-likeness (QED) is 0.486. The minimum absolute atomic E-state index is 0.000902. The molecule has 6 aliphatic rings. The standard InChI is InChI=1S/C28H42O5/c1-14-12-21(32-25(31)15(14)2)16(3)18-6-7-19-17-13-24-28(33-24)23(30)9-8-22(29)27(28,5)20(17)10-11-26(18,19)4/h14-21,23-24,30H,6-13H2,1-5H3. The Morgan fingerprint density at radius 3 is 2.52 bits per heavy atom. The fourth-order valence-corrected chi connectivity index (χ4v) is 10.2. The first-order chi connectivity index (χ1) is 15.6. The van der Waals surface area contributed by atoms with E-state index in [4.69, 9.17) is 9.47 Å². The number of cyclic esters (lactones) is 1. The zero-order valence-corrected chi connectivity index (χ0v) is 21.0. The highest BCUT2D eigenvalue weighted by Crippen LogP contribution is 2.73. The van der Waals surface area contributed by atoms with Crippen LogP contribution in [0.15, 0.2) is 0 Å². The van der Waals surface area contributed by atoms with Crippen LogP contribution in [0.25, 0.3) is 0 Å². The average molecular weight is 459 g/mol. The van der Waals surface area contributed by atoms with Crippen LogP contribution in [0.3, 0.4) is 0 Å². The fraction of sp³-hybridized carbons (Fsp3) is 0.929. The van der Waals surface area contributed by atoms with E-state index in [0.717, 1.165) is 25.7 Å². The summed E-state index contributed by atoms with van der Waals surface area (Å²) in [7, 11) is 0. The molecule has 5 heteroatoms. The van der Waals surface area contributed by atoms with Crippen molar-refractivity contribution in [2.24, 2.45) is 52.3 Å². The Morgan fingerprint density at radius 2 is 1.79 bits per heavy atom. The molecule has 1 N–H and O–H groups in total. The summed E-state index contributed by atoms with van der Waals surface area (Å²) in [6.45, 7) is 11.1. The van der Waals surface area contributed by atoms with Crippen LogP contribution in [0.1, 0.15) is 86.0 Å². The Hall–Kier alpha value is -0.940. The lowest BCUT2D eigenvalue weighted by Crippen LogP contribution is -2.64. The first kappa shape index (κ1) is 22.5. The van der Waals surface area contributed by atoms with Crippen LogP contribution in [0.5, 0.6) is 0 Å². The summed E-state index contributed by atoms with van der Waals surface area (Å²) < 4.78 is 12.3. The first-order valence-electron chi connectivity index (χ1n) is 13.6. The lowest BCUT2D eigenvalue weighted by Gasteiger charge is -2.59. The molecule has 4 aliphatic carbocycles. The molecule has 33 heavy (non-hydrogen) atoms. The molecule has 4 saturated carbocycles. The van der Waals surface area contributed by atoms with Crippen LogP contribution in [0.4, 0.5) is 0 Å². The Morgan fingerprint density at radius 1 is 1.03 bits per heavy atom. The molecule has 13 unspecified atom stereocenters. The highest BCUT2D eigenvalue weighted by Gasteiger charge is 2.80. The summed E-state index contributed by atoms with van der Waals surface area (Å²) in [5, 5.41) is 10.9. The van der Waals surface area contributed by atoms with E-state index in [1.165, 1.54) is 12.8 Å². The predicted octanol–water partition coefficient (Wildman–Crippen LogP) is 4.54. The van der Waals surface area contributed by atoms with Crippen molar-refractivity contribution in [3.63, 3.8) is 0 Å². The number of rotatable bonds is 2. The highest BCUT2D eigenvalue weighted by molar-refractivity contribution is 5.88. The number of aliphatic hydroxyl groups is 1. The summed E-state index contributed by atoms with van der Waals surface area (Å²) in [6, 6.07) is 0. The molecular weight excluding hydrogens is 416 g/mol. The second kappa shape index (κ2) is 7.06. The minimum Gasteiger partial charge on any atom is -0.462 e. The van der Waals surface area contributed by atoms with Gasteiger partial charge in [0.05, 0.1) is 23.5 Å². The molecule has 6 rings (SSSR count). The lowest BCUT2D eigenvalue weighted by molar-refractivity contribution is -0.173. The van der Waals surface area contributed by atoms with Crippen molar-refractivity contribution in [3.8, 4) is 0 Å². The van der Waals surface area contributed by atoms with Crippen LogP contribution in [0.2, 0.25) is 0 Å². The Balaban J connectivity index is 1.27. The zero-order valence-electron chi connectivity index (χ0n) is 21.0. The van der Waals surface area contributed by atoms with Crippen LogP contribution < -0.4 is 0 Å². The maximum Gasteiger partial charge on any atom is 0.309 e. The van der Waals surface area contributed by atoms with E-state index in [9.17, 15) is 14.7 Å². The van der Waals surface area contributed by atoms with Gasteiger partial charge >= 0.3 is 5.97 Å². The number of ketones is 1. The molecule has 0 aromatic heterocycles. The summed E-state index contributed by atoms with van der Waals surface area (Å²) >= 11 is 0. The third-order valence-corrected chi connectivity index (χ3v) is 12.3. The van der Waals surface area contributed by atoms with Gasteiger partial charge in [-0.1, -0.05) is 27.7 Å². The Bertz CT molecular complexity index is 870. The molecule has 0 aromatic carbocycles. The number of carbonyl (C=O) groups is 2. The number of epoxide rings is 1. The molecule has 13 atom stereocenters. The molecule has 0 radical (unpaired) electrons. The van der Waals surface area contributed by atoms with Crippen molar-refractivity contribution in [1.29, 1.82) is 0 Å². The van der Waals surface area contributed by atoms with E-state index in [2.05, 4.69) is 27.7 Å². The number of aliphatic hydroxyl groups excluding tert-OH is 1. The lowest BCUT2D eigenvalue weighted by atomic mass is 9.43. The average Bonchev–Trinajstić information content (AvgIpc) is 3.41. The predicted molar refractivity (Wildman–Crippen MR) is 123 cm³/mol. The third kappa shape index (κ3) is 2.67. The van der Waals surface area contributed by atoms with Gasteiger partial charge in [-0.3, -0.25) is 9.59 Å². The van der Waals surface area contributed by atoms with Crippen molar-refractivity contribution in [2.45, 2.75) is 110 Å². The molecule has 0 aromatic rings. The van der Waals surface area contributed by atoms with E-state index < -0.39 is 17.1 Å². The van der Waals surface area contributed by atoms with Gasteiger partial charge in [-0.05, 0) is 92.8 Å². The van der Waals surface area contributed by atoms with Gasteiger partial charge in [-0.25, -0.2) is 0 Å². The maximum absolute atomic E-state index is 13.4. The van der Waals surface area contributed by atoms with E-state index in [1.807, 2.05) is 6.92 Å². The summed E-state index contributed by atoms with van der Waals surface area (Å²) in [5.41, 5.74) is -0.916. The molecule has 5 nitrogen and oxygen atoms in total. The van der Waals surface area contributed by atoms with E-state index in [-0.39, 0.29) is 29.5 Å². The van der Waals surface area contributed by atoms with Crippen molar-refractivity contribution in [2.75, 3.05) is 0 Å². The van der Waals surface area contributed by atoms with Gasteiger partial charge in [0.2, 0.25) is 0 Å². The second-order valence-electron chi connectivity index (χ2n) is 13.3. The normalized spacial score (nSPS) is 58.4. The van der Waals surface area contributed by atoms with Crippen molar-refractivity contribution in [1.82, 2.24) is 0 Å². The number of hydrogen-bond donors (Lipinski definition) is 1. The van der Waals surface area contributed by atoms with Gasteiger partial charge < -0.3 is 14.6 Å². The summed E-state index contributed by atoms with van der Waals surface area (Å²) in [4.78, 5) is 25.8. The van der Waals surface area contributed by atoms with E-state index in [1.54, 1.807) is 0 Å². The number of carbonyl (C=O) groups excluding carboxylic acids is 2. The summed E-state index contributed by atoms with van der Waals surface area (Å²) in [5.74, 6) is 3.00. The van der Waals surface area contributed by atoms with Crippen LogP contribution in [0, 0.1) is 52.3 Å². The van der Waals surface area contributed by atoms with Gasteiger partial charge in [-0.15, -0.1) is 0 Å². The topological polar surface area (TPSA) is 76.1 Å². The number of hydrogen-bond acceptors (Lipinski definition) is 5. The van der Waals surface area contributed by atoms with Crippen molar-refractivity contribution >= 4 is 11.8 Å². The molecular formula is C28H42O5. The van der Waals surface area contributed by atoms with Crippen LogP contribution in [-0.2, 0) is 19.1 Å². The fourth-order valence-electron chi connectivity index (χ4n) is 10.2. The van der Waals surface area contributed by atoms with Crippen molar-refractivity contribution < 1.29 is 24.2 Å². The number of ether oxygens (including phenoxy) is 2. The monoisotopic (exact) mass is 458 g/mol. The first-order valence-corrected chi connectivity index (χ1v) is 13.6. The SMILES string of the molecule is CC1CC(C(C)C2CCC3C4CC5OC56C(O)CCC(=O)C6(C)C4CCC23C)OC(=O)C1C. The minimum atomic E-state index is -0.605. The largest absolute Gasteiger partial charge is 0.462 e. The van der Waals surface area contributed by atoms with Crippen LogP contribution in [-0.4, -0.2) is 40.8 Å².